The van der Waals surface area contributed by atoms with E-state index in [4.69, 9.17) is 11.6 Å². The molecule has 1 nitrogen and oxygen atoms in total. The minimum Gasteiger partial charge on any atom is -0.246 e. The summed E-state index contributed by atoms with van der Waals surface area (Å²) in [5.74, 6) is 5.85. The Bertz CT molecular complexity index is 434. The lowest BCUT2D eigenvalue weighted by atomic mass is 10.2. The van der Waals surface area contributed by atoms with Crippen LogP contribution in [0.1, 0.15) is 17.7 Å². The molecule has 0 atom stereocenters. The fourth-order valence-electron chi connectivity index (χ4n) is 0.887. The molecule has 0 spiro atoms. The van der Waals surface area contributed by atoms with Gasteiger partial charge in [0.2, 0.25) is 0 Å². The normalized spacial score (nSPS) is 10.8. The molecule has 86 valence electrons. The zero-order valence-electron chi connectivity index (χ0n) is 7.98. The maximum Gasteiger partial charge on any atom is 0.417 e. The second-order valence-corrected chi connectivity index (χ2v) is 3.68. The van der Waals surface area contributed by atoms with Gasteiger partial charge in [-0.15, -0.1) is 0 Å². The van der Waals surface area contributed by atoms with E-state index in [1.54, 1.807) is 0 Å². The predicted octanol–water partition coefficient (Wildman–Crippen LogP) is 3.43. The molecule has 1 heterocycles. The van der Waals surface area contributed by atoms with Gasteiger partial charge in [-0.3, -0.25) is 0 Å². The summed E-state index contributed by atoms with van der Waals surface area (Å²) in [4.78, 5) is 3.57. The molecule has 0 N–H and O–H groups in total. The van der Waals surface area contributed by atoms with Crippen LogP contribution in [0.3, 0.4) is 0 Å². The molecule has 0 aliphatic carbocycles. The Kier molecular flexibility index (Phi) is 4.51. The predicted molar refractivity (Wildman–Crippen MR) is 59.6 cm³/mol. The number of hydrogen-bond donors (Lipinski definition) is 1. The van der Waals surface area contributed by atoms with Gasteiger partial charge in [-0.2, -0.15) is 25.8 Å². The van der Waals surface area contributed by atoms with Gasteiger partial charge in [-0.1, -0.05) is 17.5 Å². The Balaban J connectivity index is 2.98. The molecular formula is C10H7ClF3NS. The molecule has 6 heteroatoms. The number of hydrogen-bond acceptors (Lipinski definition) is 2. The van der Waals surface area contributed by atoms with E-state index in [9.17, 15) is 13.2 Å². The largest absolute Gasteiger partial charge is 0.417 e. The van der Waals surface area contributed by atoms with E-state index in [0.717, 1.165) is 12.3 Å². The number of pyridine rings is 1. The van der Waals surface area contributed by atoms with Gasteiger partial charge in [0, 0.05) is 18.4 Å². The molecule has 0 amide bonds. The molecule has 0 unspecified atom stereocenters. The van der Waals surface area contributed by atoms with Crippen LogP contribution in [0, 0.1) is 11.8 Å². The van der Waals surface area contributed by atoms with E-state index in [1.807, 2.05) is 0 Å². The molecule has 0 radical (unpaired) electrons. The first-order chi connectivity index (χ1) is 7.45. The number of thiol groups is 1. The standard InChI is InChI=1S/C10H7ClF3NS/c11-8-5-7(10(12,13)14)6-15-9(8)3-1-2-4-16/h5-6,16H,2,4H2. The van der Waals surface area contributed by atoms with Gasteiger partial charge < -0.3 is 0 Å². The zero-order chi connectivity index (χ0) is 12.2. The third-order valence-corrected chi connectivity index (χ3v) is 2.12. The summed E-state index contributed by atoms with van der Waals surface area (Å²) in [5.41, 5.74) is -0.728. The van der Waals surface area contributed by atoms with Gasteiger partial charge in [0.1, 0.15) is 5.69 Å². The van der Waals surface area contributed by atoms with Gasteiger partial charge in [-0.25, -0.2) is 4.98 Å². The van der Waals surface area contributed by atoms with Crippen molar-refractivity contribution in [1.29, 1.82) is 0 Å². The molecule has 0 fully saturated rings. The first kappa shape index (κ1) is 13.2. The number of aromatic nitrogens is 1. The number of halogens is 4. The van der Waals surface area contributed by atoms with E-state index in [0.29, 0.717) is 12.2 Å². The van der Waals surface area contributed by atoms with Crippen LogP contribution in [0.5, 0.6) is 0 Å². The molecule has 16 heavy (non-hydrogen) atoms. The maximum atomic E-state index is 12.3. The minimum atomic E-state index is -4.44. The fourth-order valence-corrected chi connectivity index (χ4v) is 1.21. The number of rotatable bonds is 1. The summed E-state index contributed by atoms with van der Waals surface area (Å²) < 4.78 is 36.8. The average molecular weight is 266 g/mol. The van der Waals surface area contributed by atoms with Gasteiger partial charge in [0.15, 0.2) is 0 Å². The molecular weight excluding hydrogens is 259 g/mol. The maximum absolute atomic E-state index is 12.3. The van der Waals surface area contributed by atoms with E-state index in [-0.39, 0.29) is 10.7 Å². The quantitative estimate of drug-likeness (QED) is 0.606. The van der Waals surface area contributed by atoms with Crippen LogP contribution in [-0.4, -0.2) is 10.7 Å². The summed E-state index contributed by atoms with van der Waals surface area (Å²) in [7, 11) is 0. The van der Waals surface area contributed by atoms with E-state index < -0.39 is 11.7 Å². The smallest absolute Gasteiger partial charge is 0.246 e. The summed E-state index contributed by atoms with van der Waals surface area (Å²) in [5, 5.41) is -0.0958. The molecule has 1 aromatic heterocycles. The lowest BCUT2D eigenvalue weighted by Gasteiger charge is -2.06. The highest BCUT2D eigenvalue weighted by Gasteiger charge is 2.31. The second kappa shape index (κ2) is 5.46. The average Bonchev–Trinajstić information content (AvgIpc) is 2.19. The van der Waals surface area contributed by atoms with Crippen LogP contribution < -0.4 is 0 Å². The molecule has 0 saturated heterocycles. The van der Waals surface area contributed by atoms with Crippen LogP contribution in [0.25, 0.3) is 0 Å². The summed E-state index contributed by atoms with van der Waals surface area (Å²) in [6.45, 7) is 0. The molecule has 0 aromatic carbocycles. The van der Waals surface area contributed by atoms with Gasteiger partial charge in [-0.05, 0) is 12.0 Å². The van der Waals surface area contributed by atoms with Crippen LogP contribution in [0.2, 0.25) is 5.02 Å². The highest BCUT2D eigenvalue weighted by Crippen LogP contribution is 2.30. The van der Waals surface area contributed by atoms with Crippen molar-refractivity contribution in [1.82, 2.24) is 4.98 Å². The van der Waals surface area contributed by atoms with Crippen molar-refractivity contribution in [2.45, 2.75) is 12.6 Å². The van der Waals surface area contributed by atoms with Crippen LogP contribution in [0.15, 0.2) is 12.3 Å². The third-order valence-electron chi connectivity index (χ3n) is 1.61. The Hall–Kier alpha value is -0.860. The van der Waals surface area contributed by atoms with Crippen molar-refractivity contribution in [3.8, 4) is 11.8 Å². The Morgan fingerprint density at radius 2 is 2.12 bits per heavy atom. The molecule has 0 aliphatic heterocycles. The SMILES string of the molecule is FC(F)(F)c1cnc(C#CCCS)c(Cl)c1. The summed E-state index contributed by atoms with van der Waals surface area (Å²) >= 11 is 9.57. The van der Waals surface area contributed by atoms with E-state index in [2.05, 4.69) is 29.5 Å². The number of nitrogens with zero attached hydrogens (tertiary/aromatic N) is 1. The second-order valence-electron chi connectivity index (χ2n) is 2.83. The van der Waals surface area contributed by atoms with Gasteiger partial charge in [0.25, 0.3) is 0 Å². The zero-order valence-corrected chi connectivity index (χ0v) is 9.63. The summed E-state index contributed by atoms with van der Waals surface area (Å²) in [6.07, 6.45) is -3.19. The topological polar surface area (TPSA) is 12.9 Å². The van der Waals surface area contributed by atoms with Gasteiger partial charge >= 0.3 is 6.18 Å². The monoisotopic (exact) mass is 265 g/mol. The van der Waals surface area contributed by atoms with Crippen molar-refractivity contribution < 1.29 is 13.2 Å². The van der Waals surface area contributed by atoms with E-state index in [1.165, 1.54) is 0 Å². The van der Waals surface area contributed by atoms with Crippen molar-refractivity contribution in [3.63, 3.8) is 0 Å². The number of alkyl halides is 3. The van der Waals surface area contributed by atoms with Crippen LogP contribution >= 0.6 is 24.2 Å². The minimum absolute atomic E-state index is 0.0958. The Morgan fingerprint density at radius 3 is 2.62 bits per heavy atom. The molecule has 1 aromatic rings. The third kappa shape index (κ3) is 3.62. The lowest BCUT2D eigenvalue weighted by Crippen LogP contribution is -2.05. The van der Waals surface area contributed by atoms with Crippen molar-refractivity contribution in [3.05, 3.63) is 28.5 Å². The van der Waals surface area contributed by atoms with Crippen molar-refractivity contribution >= 4 is 24.2 Å². The Morgan fingerprint density at radius 1 is 1.44 bits per heavy atom. The van der Waals surface area contributed by atoms with E-state index >= 15 is 0 Å². The lowest BCUT2D eigenvalue weighted by molar-refractivity contribution is -0.137. The molecule has 0 saturated carbocycles. The first-order valence-electron chi connectivity index (χ1n) is 4.27. The first-order valence-corrected chi connectivity index (χ1v) is 5.28. The Labute approximate surface area is 101 Å². The highest BCUT2D eigenvalue weighted by atomic mass is 35.5. The van der Waals surface area contributed by atoms with Crippen molar-refractivity contribution in [2.75, 3.05) is 5.75 Å². The van der Waals surface area contributed by atoms with Crippen LogP contribution in [-0.2, 0) is 6.18 Å². The van der Waals surface area contributed by atoms with Gasteiger partial charge in [0.05, 0.1) is 10.6 Å². The van der Waals surface area contributed by atoms with Crippen molar-refractivity contribution in [2.24, 2.45) is 0 Å². The van der Waals surface area contributed by atoms with Crippen LogP contribution in [0.4, 0.5) is 13.2 Å². The molecule has 0 bridgehead atoms. The summed E-state index contributed by atoms with van der Waals surface area (Å²) in [6, 6.07) is 0.819. The fraction of sp³-hybridized carbons (Fsp3) is 0.300. The molecule has 0 aliphatic rings. The molecule has 1 rings (SSSR count). The highest BCUT2D eigenvalue weighted by molar-refractivity contribution is 7.80.